The average Bonchev–Trinajstić information content (AvgIpc) is 3.36. The van der Waals surface area contributed by atoms with Crippen LogP contribution < -0.4 is 5.32 Å². The van der Waals surface area contributed by atoms with Gasteiger partial charge in [-0.1, -0.05) is 37.3 Å². The number of nitrogens with one attached hydrogen (secondary N) is 1. The second-order valence-electron chi connectivity index (χ2n) is 13.2. The van der Waals surface area contributed by atoms with Gasteiger partial charge in [0.05, 0.1) is 16.6 Å². The van der Waals surface area contributed by atoms with E-state index in [0.717, 1.165) is 5.56 Å². The molecule has 218 valence electrons. The van der Waals surface area contributed by atoms with Crippen LogP contribution in [0.15, 0.2) is 30.3 Å². The summed E-state index contributed by atoms with van der Waals surface area (Å²) in [6.07, 6.45) is -3.32. The summed E-state index contributed by atoms with van der Waals surface area (Å²) in [6, 6.07) is 9.14. The summed E-state index contributed by atoms with van der Waals surface area (Å²) in [4.78, 5) is 38.7. The molecule has 3 aliphatic heterocycles. The van der Waals surface area contributed by atoms with Crippen LogP contribution in [0.25, 0.3) is 0 Å². The van der Waals surface area contributed by atoms with Crippen LogP contribution >= 0.6 is 11.6 Å². The second kappa shape index (κ2) is 8.51. The van der Waals surface area contributed by atoms with E-state index in [-0.39, 0.29) is 6.42 Å². The first-order chi connectivity index (χ1) is 18.6. The fourth-order valence-electron chi connectivity index (χ4n) is 9.80. The van der Waals surface area contributed by atoms with Crippen molar-refractivity contribution in [1.82, 2.24) is 5.32 Å². The molecule has 0 aromatic heterocycles. The molecule has 4 N–H and O–H groups in total. The van der Waals surface area contributed by atoms with E-state index in [1.54, 1.807) is 20.8 Å². The number of fused-ring (bicyclic) bond motifs is 3. The van der Waals surface area contributed by atoms with Gasteiger partial charge >= 0.3 is 5.97 Å². The van der Waals surface area contributed by atoms with Crippen molar-refractivity contribution in [2.24, 2.45) is 29.1 Å². The van der Waals surface area contributed by atoms with Gasteiger partial charge in [-0.05, 0) is 57.4 Å². The van der Waals surface area contributed by atoms with Crippen molar-refractivity contribution in [2.75, 3.05) is 0 Å². The van der Waals surface area contributed by atoms with Crippen molar-refractivity contribution >= 4 is 29.3 Å². The predicted molar refractivity (Wildman–Crippen MR) is 143 cm³/mol. The standard InChI is InChI=1S/C30H38ClNO8/c1-14-11-18-13-28-24(36)26(4,31)27(5,40-28)21-19(12-17-9-7-6-8-10-17)32-25(37)29(21,28)23(39-16(3)34)20(18)22(35)30(14,38)15(2)33/h6-10,14,18-24,35-36,38H,11-13H2,1-5H3,(H,32,37)/t14-,18-,19-,20-,21+,22+,23+,24+,26+,27+,28+,29+,30+/m0/s1. The van der Waals surface area contributed by atoms with Crippen molar-refractivity contribution in [3.63, 3.8) is 0 Å². The Balaban J connectivity index is 1.58. The zero-order chi connectivity index (χ0) is 29.2. The molecule has 3 heterocycles. The fourth-order valence-corrected chi connectivity index (χ4v) is 10.1. The number of ether oxygens (including phenoxy) is 2. The maximum absolute atomic E-state index is 14.5. The lowest BCUT2D eigenvalue weighted by molar-refractivity contribution is -0.263. The first-order valence-electron chi connectivity index (χ1n) is 14.1. The number of hydrogen-bond donors (Lipinski definition) is 4. The molecule has 0 unspecified atom stereocenters. The molecule has 0 radical (unpaired) electrons. The number of ketones is 1. The summed E-state index contributed by atoms with van der Waals surface area (Å²) >= 11 is 7.17. The number of benzene rings is 1. The van der Waals surface area contributed by atoms with Crippen molar-refractivity contribution in [2.45, 2.75) is 99.9 Å². The highest BCUT2D eigenvalue weighted by molar-refractivity contribution is 6.26. The highest BCUT2D eigenvalue weighted by Crippen LogP contribution is 2.77. The summed E-state index contributed by atoms with van der Waals surface area (Å²) in [5.41, 5.74) is -5.49. The molecule has 5 fully saturated rings. The molecular formula is C30H38ClNO8. The fraction of sp³-hybridized carbons (Fsp3) is 0.700. The molecular weight excluding hydrogens is 538 g/mol. The van der Waals surface area contributed by atoms with Gasteiger partial charge in [0.2, 0.25) is 5.91 Å². The zero-order valence-electron chi connectivity index (χ0n) is 23.4. The van der Waals surface area contributed by atoms with E-state index in [2.05, 4.69) is 5.32 Å². The van der Waals surface area contributed by atoms with Gasteiger partial charge in [-0.3, -0.25) is 14.4 Å². The van der Waals surface area contributed by atoms with Crippen LogP contribution in [0.4, 0.5) is 0 Å². The summed E-state index contributed by atoms with van der Waals surface area (Å²) in [6.45, 7) is 7.68. The lowest BCUT2D eigenvalue weighted by atomic mass is 9.41. The van der Waals surface area contributed by atoms with Crippen LogP contribution in [0.2, 0.25) is 0 Å². The number of aliphatic hydroxyl groups excluding tert-OH is 2. The molecule has 2 spiro atoms. The molecule has 13 atom stereocenters. The highest BCUT2D eigenvalue weighted by atomic mass is 35.5. The van der Waals surface area contributed by atoms with Gasteiger partial charge in [0.15, 0.2) is 11.4 Å². The van der Waals surface area contributed by atoms with Crippen molar-refractivity contribution in [3.05, 3.63) is 35.9 Å². The Kier molecular flexibility index (Phi) is 5.97. The minimum atomic E-state index is -2.09. The number of rotatable bonds is 4. The van der Waals surface area contributed by atoms with E-state index >= 15 is 0 Å². The first-order valence-corrected chi connectivity index (χ1v) is 14.5. The minimum absolute atomic E-state index is 0.145. The topological polar surface area (TPSA) is 142 Å². The third-order valence-electron chi connectivity index (χ3n) is 11.5. The van der Waals surface area contributed by atoms with E-state index in [1.807, 2.05) is 30.3 Å². The Morgan fingerprint density at radius 1 is 1.18 bits per heavy atom. The molecule has 1 aromatic rings. The number of Topliss-reactive ketones (excluding diaryl/α,β-unsaturated/α-hetero) is 1. The normalized spacial score (nSPS) is 52.4. The molecule has 2 aliphatic carbocycles. The number of carbonyl (C=O) groups is 3. The Morgan fingerprint density at radius 2 is 1.82 bits per heavy atom. The van der Waals surface area contributed by atoms with Crippen LogP contribution in [0.1, 0.15) is 53.0 Å². The molecule has 2 bridgehead atoms. The Bertz CT molecular complexity index is 1270. The molecule has 1 aromatic carbocycles. The molecule has 10 heteroatoms. The van der Waals surface area contributed by atoms with Gasteiger partial charge in [0, 0.05) is 24.8 Å². The Labute approximate surface area is 238 Å². The SMILES string of the molecule is CC(=O)O[C@@H]1[C@H]2[C@@H](C[C@H](C)[C@@](O)(C(C)=O)[C@@H]2O)C[C@]23O[C@](C)([C@H]4[C@H](Cc5ccccc5)NC(=O)[C@]142)[C@](C)(Cl)[C@H]3O. The Morgan fingerprint density at radius 3 is 2.42 bits per heavy atom. The smallest absolute Gasteiger partial charge is 0.302 e. The molecule has 3 saturated heterocycles. The number of aliphatic hydroxyl groups is 3. The van der Waals surface area contributed by atoms with Crippen LogP contribution in [0.3, 0.4) is 0 Å². The van der Waals surface area contributed by atoms with Gasteiger partial charge in [-0.15, -0.1) is 11.6 Å². The van der Waals surface area contributed by atoms with Gasteiger partial charge in [-0.25, -0.2) is 0 Å². The lowest BCUT2D eigenvalue weighted by Gasteiger charge is -2.63. The Hall–Kier alpha value is -2.04. The first kappa shape index (κ1) is 28.1. The number of alkyl halides is 1. The summed E-state index contributed by atoms with van der Waals surface area (Å²) in [5.74, 6) is -4.41. The van der Waals surface area contributed by atoms with Crippen molar-refractivity contribution < 1.29 is 39.2 Å². The van der Waals surface area contributed by atoms with Gasteiger partial charge in [-0.2, -0.15) is 0 Å². The number of carbonyl (C=O) groups excluding carboxylic acids is 3. The second-order valence-corrected chi connectivity index (χ2v) is 14.0. The maximum Gasteiger partial charge on any atom is 0.302 e. The van der Waals surface area contributed by atoms with E-state index in [0.29, 0.717) is 12.8 Å². The van der Waals surface area contributed by atoms with Crippen molar-refractivity contribution in [3.8, 4) is 0 Å². The zero-order valence-corrected chi connectivity index (χ0v) is 24.1. The van der Waals surface area contributed by atoms with E-state index in [1.165, 1.54) is 13.8 Å². The summed E-state index contributed by atoms with van der Waals surface area (Å²) in [5, 5.41) is 38.4. The molecule has 5 aliphatic rings. The summed E-state index contributed by atoms with van der Waals surface area (Å²) < 4.78 is 12.9. The van der Waals surface area contributed by atoms with Crippen molar-refractivity contribution in [1.29, 1.82) is 0 Å². The number of hydrogen-bond acceptors (Lipinski definition) is 8. The van der Waals surface area contributed by atoms with E-state index in [4.69, 9.17) is 21.1 Å². The van der Waals surface area contributed by atoms with Crippen LogP contribution in [0, 0.1) is 29.1 Å². The quantitative estimate of drug-likeness (QED) is 0.313. The van der Waals surface area contributed by atoms with Gasteiger partial charge < -0.3 is 30.1 Å². The third kappa shape index (κ3) is 3.00. The number of halogens is 1. The summed E-state index contributed by atoms with van der Waals surface area (Å²) in [7, 11) is 0. The minimum Gasteiger partial charge on any atom is -0.461 e. The van der Waals surface area contributed by atoms with Crippen LogP contribution in [-0.4, -0.2) is 79.0 Å². The van der Waals surface area contributed by atoms with Gasteiger partial charge in [0.25, 0.3) is 0 Å². The monoisotopic (exact) mass is 575 g/mol. The highest BCUT2D eigenvalue weighted by Gasteiger charge is 2.93. The average molecular weight is 576 g/mol. The largest absolute Gasteiger partial charge is 0.461 e. The predicted octanol–water partition coefficient (Wildman–Crippen LogP) is 1.52. The number of amides is 1. The van der Waals surface area contributed by atoms with Gasteiger partial charge in [0.1, 0.15) is 23.2 Å². The molecule has 2 saturated carbocycles. The molecule has 40 heavy (non-hydrogen) atoms. The van der Waals surface area contributed by atoms with Crippen LogP contribution in [-0.2, 0) is 30.3 Å². The molecule has 9 nitrogen and oxygen atoms in total. The van der Waals surface area contributed by atoms with E-state index < -0.39 is 92.8 Å². The molecule has 1 amide bonds. The lowest BCUT2D eigenvalue weighted by Crippen LogP contribution is -2.78. The maximum atomic E-state index is 14.5. The van der Waals surface area contributed by atoms with E-state index in [9.17, 15) is 29.7 Å². The van der Waals surface area contributed by atoms with Crippen LogP contribution in [0.5, 0.6) is 0 Å². The third-order valence-corrected chi connectivity index (χ3v) is 12.1. The number of esters is 1. The molecule has 6 rings (SSSR count).